The van der Waals surface area contributed by atoms with E-state index in [1.54, 1.807) is 6.08 Å². The summed E-state index contributed by atoms with van der Waals surface area (Å²) in [4.78, 5) is 56.1. The fourth-order valence-electron chi connectivity index (χ4n) is 7.32. The summed E-state index contributed by atoms with van der Waals surface area (Å²) in [7, 11) is 0. The number of H-pyrrole nitrogens is 2. The van der Waals surface area contributed by atoms with E-state index in [2.05, 4.69) is 41.0 Å². The Kier molecular flexibility index (Phi) is 7.98. The van der Waals surface area contributed by atoms with Crippen LogP contribution in [0.25, 0.3) is 5.57 Å². The number of aromatic nitrogens is 2. The Morgan fingerprint density at radius 2 is 1.74 bits per heavy atom. The lowest BCUT2D eigenvalue weighted by atomic mass is 9.85. The van der Waals surface area contributed by atoms with Crippen LogP contribution in [0.15, 0.2) is 29.5 Å². The molecule has 0 spiro atoms. The number of fused-ring (bicyclic) bond motifs is 1. The number of carboxylic acid groups (broad SMARTS) is 2. The predicted octanol–water partition coefficient (Wildman–Crippen LogP) is 4.13. The molecule has 10 nitrogen and oxygen atoms in total. The molecular weight excluding hydrogens is 548 g/mol. The van der Waals surface area contributed by atoms with Crippen LogP contribution < -0.4 is 10.6 Å². The molecule has 4 heterocycles. The van der Waals surface area contributed by atoms with E-state index in [1.807, 2.05) is 20.8 Å². The van der Waals surface area contributed by atoms with Gasteiger partial charge in [-0.3, -0.25) is 14.4 Å². The van der Waals surface area contributed by atoms with Crippen molar-refractivity contribution in [2.45, 2.75) is 85.2 Å². The molecule has 2 aromatic heterocycles. The normalized spacial score (nSPS) is 24.9. The van der Waals surface area contributed by atoms with E-state index in [0.717, 1.165) is 45.8 Å². The highest BCUT2D eigenvalue weighted by molar-refractivity contribution is 6.13. The molecule has 1 unspecified atom stereocenters. The Hall–Kier alpha value is -4.34. The topological polar surface area (TPSA) is 164 Å². The maximum Gasteiger partial charge on any atom is 0.326 e. The van der Waals surface area contributed by atoms with Gasteiger partial charge < -0.3 is 30.8 Å². The molecule has 0 saturated carbocycles. The summed E-state index contributed by atoms with van der Waals surface area (Å²) >= 11 is 0. The molecule has 6 N–H and O–H groups in total. The molecule has 3 aliphatic rings. The fourth-order valence-corrected chi connectivity index (χ4v) is 7.32. The number of hydrogen-bond donors (Lipinski definition) is 6. The summed E-state index contributed by atoms with van der Waals surface area (Å²) in [6.07, 6.45) is 4.07. The summed E-state index contributed by atoms with van der Waals surface area (Å²) in [5.74, 6) is -2.68. The molecule has 0 radical (unpaired) electrons. The number of carbonyl (C=O) groups is 4. The van der Waals surface area contributed by atoms with Crippen molar-refractivity contribution in [3.05, 3.63) is 74.5 Å². The van der Waals surface area contributed by atoms with Crippen LogP contribution in [0.4, 0.5) is 0 Å². The van der Waals surface area contributed by atoms with Gasteiger partial charge >= 0.3 is 11.9 Å². The molecule has 228 valence electrons. The molecule has 2 aliphatic heterocycles. The zero-order valence-electron chi connectivity index (χ0n) is 25.4. The molecule has 1 saturated heterocycles. The van der Waals surface area contributed by atoms with Gasteiger partial charge in [0.15, 0.2) is 5.78 Å². The molecule has 1 aliphatic carbocycles. The quantitative estimate of drug-likeness (QED) is 0.243. The van der Waals surface area contributed by atoms with E-state index in [0.29, 0.717) is 35.4 Å². The first-order valence-corrected chi connectivity index (χ1v) is 14.9. The zero-order chi connectivity index (χ0) is 31.3. The van der Waals surface area contributed by atoms with Crippen molar-refractivity contribution >= 4 is 29.2 Å². The monoisotopic (exact) mass is 588 g/mol. The van der Waals surface area contributed by atoms with Gasteiger partial charge in [0.25, 0.3) is 0 Å². The first-order chi connectivity index (χ1) is 20.4. The van der Waals surface area contributed by atoms with Gasteiger partial charge in [0.05, 0.1) is 11.7 Å². The Balaban J connectivity index is 1.49. The summed E-state index contributed by atoms with van der Waals surface area (Å²) in [6.45, 7) is 13.7. The average Bonchev–Trinajstić information content (AvgIpc) is 3.69. The molecule has 1 amide bonds. The smallest absolute Gasteiger partial charge is 0.326 e. The second kappa shape index (κ2) is 11.4. The Morgan fingerprint density at radius 3 is 2.37 bits per heavy atom. The zero-order valence-corrected chi connectivity index (χ0v) is 25.4. The highest BCUT2D eigenvalue weighted by atomic mass is 16.4. The fraction of sp³-hybridized carbons (Fsp3) is 0.455. The molecule has 2 aromatic rings. The SMILES string of the molecule is C=CC1=C(C)C(=O)NC1Cc1[nH]c(Cc2[nH]c3c(c2C)C(=O)C/C3=C2\N[C@H](C(=O)O)[C@@H](C)[C@@H]2CCC(=O)O)c(CC)c1C. The maximum atomic E-state index is 13.3. The van der Waals surface area contributed by atoms with E-state index in [1.165, 1.54) is 5.56 Å². The van der Waals surface area contributed by atoms with E-state index < -0.39 is 18.0 Å². The van der Waals surface area contributed by atoms with Gasteiger partial charge in [0.2, 0.25) is 5.91 Å². The molecule has 1 fully saturated rings. The molecule has 10 heteroatoms. The summed E-state index contributed by atoms with van der Waals surface area (Å²) in [6, 6.07) is -0.999. The lowest BCUT2D eigenvalue weighted by Crippen LogP contribution is -2.34. The van der Waals surface area contributed by atoms with Crippen LogP contribution in [-0.2, 0) is 33.6 Å². The molecule has 43 heavy (non-hydrogen) atoms. The number of nitrogens with one attached hydrogen (secondary N) is 4. The number of amides is 1. The number of carboxylic acids is 2. The summed E-state index contributed by atoms with van der Waals surface area (Å²) in [5, 5.41) is 25.3. The largest absolute Gasteiger partial charge is 0.481 e. The van der Waals surface area contributed by atoms with E-state index in [4.69, 9.17) is 0 Å². The lowest BCUT2D eigenvalue weighted by Gasteiger charge is -2.17. The molecule has 0 aromatic carbocycles. The standard InChI is InChI=1S/C33H40N4O6/c1-7-18-14(3)22(12-25-19(8-2)16(5)32(41)36-25)34-24(18)13-23-17(6)28-26(38)11-21(31(28)35-23)30-20(9-10-27(39)40)15(4)29(37-30)33(42)43/h8,15,20,25,29,34-35,37H,2,7,9-13H2,1,3-6H3,(H,36,41)(H,39,40)(H,42,43)/b30-21+/t15-,20-,25?,29-/m0/s1. The molecule has 5 rings (SSSR count). The van der Waals surface area contributed by atoms with Crippen molar-refractivity contribution in [3.63, 3.8) is 0 Å². The van der Waals surface area contributed by atoms with Gasteiger partial charge in [0, 0.05) is 71.1 Å². The van der Waals surface area contributed by atoms with E-state index >= 15 is 0 Å². The van der Waals surface area contributed by atoms with Crippen LogP contribution in [0.1, 0.15) is 89.9 Å². The summed E-state index contributed by atoms with van der Waals surface area (Å²) in [5.41, 5.74) is 10.5. The van der Waals surface area contributed by atoms with Crippen LogP contribution >= 0.6 is 0 Å². The second-order valence-corrected chi connectivity index (χ2v) is 12.1. The average molecular weight is 589 g/mol. The van der Waals surface area contributed by atoms with Gasteiger partial charge in [-0.05, 0) is 61.8 Å². The maximum absolute atomic E-state index is 13.3. The van der Waals surface area contributed by atoms with Crippen molar-refractivity contribution in [3.8, 4) is 0 Å². The number of Topliss-reactive ketones (excluding diaryl/α,β-unsaturated/α-hetero) is 1. The third kappa shape index (κ3) is 5.13. The Labute approximate surface area is 250 Å². The number of aromatic amines is 2. The van der Waals surface area contributed by atoms with Gasteiger partial charge in [-0.1, -0.05) is 26.5 Å². The van der Waals surface area contributed by atoms with Crippen LogP contribution in [0.2, 0.25) is 0 Å². The van der Waals surface area contributed by atoms with Crippen LogP contribution in [0.3, 0.4) is 0 Å². The van der Waals surface area contributed by atoms with Gasteiger partial charge in [-0.25, -0.2) is 4.79 Å². The number of aliphatic carboxylic acids is 2. The van der Waals surface area contributed by atoms with Crippen molar-refractivity contribution in [1.82, 2.24) is 20.6 Å². The molecule has 4 atom stereocenters. The van der Waals surface area contributed by atoms with E-state index in [9.17, 15) is 29.4 Å². The number of hydrogen-bond acceptors (Lipinski definition) is 5. The third-order valence-electron chi connectivity index (χ3n) is 9.74. The highest BCUT2D eigenvalue weighted by Crippen LogP contribution is 2.44. The predicted molar refractivity (Wildman–Crippen MR) is 162 cm³/mol. The minimum Gasteiger partial charge on any atom is -0.481 e. The van der Waals surface area contributed by atoms with Crippen molar-refractivity contribution in [2.24, 2.45) is 11.8 Å². The minimum absolute atomic E-state index is 0.0298. The first kappa shape index (κ1) is 30.1. The number of carbonyl (C=O) groups excluding carboxylic acids is 2. The van der Waals surface area contributed by atoms with Gasteiger partial charge in [-0.15, -0.1) is 0 Å². The van der Waals surface area contributed by atoms with Crippen LogP contribution in [-0.4, -0.2) is 55.9 Å². The van der Waals surface area contributed by atoms with Crippen LogP contribution in [0, 0.1) is 25.7 Å². The van der Waals surface area contributed by atoms with Crippen molar-refractivity contribution in [1.29, 1.82) is 0 Å². The third-order valence-corrected chi connectivity index (χ3v) is 9.74. The van der Waals surface area contributed by atoms with E-state index in [-0.39, 0.29) is 48.8 Å². The highest BCUT2D eigenvalue weighted by Gasteiger charge is 2.44. The lowest BCUT2D eigenvalue weighted by molar-refractivity contribution is -0.140. The second-order valence-electron chi connectivity index (χ2n) is 12.1. The first-order valence-electron chi connectivity index (χ1n) is 14.9. The Morgan fingerprint density at radius 1 is 1.02 bits per heavy atom. The molecular formula is C33H40N4O6. The number of rotatable bonds is 10. The number of allylic oxidation sites excluding steroid dienone is 2. The summed E-state index contributed by atoms with van der Waals surface area (Å²) < 4.78 is 0. The Bertz CT molecular complexity index is 1620. The van der Waals surface area contributed by atoms with Gasteiger partial charge in [0.1, 0.15) is 6.04 Å². The number of ketones is 1. The minimum atomic E-state index is -0.996. The van der Waals surface area contributed by atoms with Crippen LogP contribution in [0.5, 0.6) is 0 Å². The van der Waals surface area contributed by atoms with Gasteiger partial charge in [-0.2, -0.15) is 0 Å². The van der Waals surface area contributed by atoms with Crippen molar-refractivity contribution in [2.75, 3.05) is 0 Å². The molecule has 0 bridgehead atoms. The van der Waals surface area contributed by atoms with Crippen molar-refractivity contribution < 1.29 is 29.4 Å².